The molecule has 0 unspecified atom stereocenters. The molecule has 0 bridgehead atoms. The van der Waals surface area contributed by atoms with Crippen molar-refractivity contribution in [1.82, 2.24) is 14.9 Å². The summed E-state index contributed by atoms with van der Waals surface area (Å²) in [5, 5.41) is 5.61. The normalized spacial score (nSPS) is 12.7. The highest BCUT2D eigenvalue weighted by atomic mass is 32.1. The van der Waals surface area contributed by atoms with E-state index < -0.39 is 0 Å². The Morgan fingerprint density at radius 2 is 2.21 bits per heavy atom. The van der Waals surface area contributed by atoms with Crippen LogP contribution >= 0.6 is 22.7 Å². The molecule has 0 aliphatic carbocycles. The number of rotatable bonds is 5. The molecule has 0 aliphatic rings. The molecule has 1 amide bonds. The summed E-state index contributed by atoms with van der Waals surface area (Å²) in [6.45, 7) is 6.06. The van der Waals surface area contributed by atoms with E-state index in [1.807, 2.05) is 30.5 Å². The van der Waals surface area contributed by atoms with Gasteiger partial charge in [-0.25, -0.2) is 4.98 Å². The SMILES string of the molecule is Cc1cc2c(=O)n(CC(=O)N[C@H](c3cccs3)C(C)C)cnc2s1. The molecule has 0 radical (unpaired) electrons. The van der Waals surface area contributed by atoms with E-state index in [2.05, 4.69) is 24.1 Å². The minimum Gasteiger partial charge on any atom is -0.347 e. The van der Waals surface area contributed by atoms with Crippen LogP contribution in [0.3, 0.4) is 0 Å². The zero-order chi connectivity index (χ0) is 17.3. The number of amides is 1. The van der Waals surface area contributed by atoms with Crippen LogP contribution in [-0.4, -0.2) is 15.5 Å². The first-order valence-corrected chi connectivity index (χ1v) is 9.43. The lowest BCUT2D eigenvalue weighted by Gasteiger charge is -2.21. The molecular formula is C17H19N3O2S2. The second kappa shape index (κ2) is 6.86. The van der Waals surface area contributed by atoms with Crippen LogP contribution in [0.2, 0.25) is 0 Å². The zero-order valence-corrected chi connectivity index (χ0v) is 15.4. The van der Waals surface area contributed by atoms with Crippen molar-refractivity contribution in [2.45, 2.75) is 33.4 Å². The summed E-state index contributed by atoms with van der Waals surface area (Å²) >= 11 is 3.10. The number of hydrogen-bond acceptors (Lipinski definition) is 5. The minimum atomic E-state index is -0.183. The van der Waals surface area contributed by atoms with Crippen molar-refractivity contribution in [3.63, 3.8) is 0 Å². The predicted octanol–water partition coefficient (Wildman–Crippen LogP) is 3.34. The monoisotopic (exact) mass is 361 g/mol. The van der Waals surface area contributed by atoms with Gasteiger partial charge in [0.2, 0.25) is 5.91 Å². The molecule has 3 heterocycles. The highest BCUT2D eigenvalue weighted by molar-refractivity contribution is 7.18. The number of fused-ring (bicyclic) bond motifs is 1. The van der Waals surface area contributed by atoms with Crippen molar-refractivity contribution < 1.29 is 4.79 Å². The maximum absolute atomic E-state index is 12.5. The topological polar surface area (TPSA) is 64.0 Å². The number of aromatic nitrogens is 2. The van der Waals surface area contributed by atoms with Gasteiger partial charge in [0.15, 0.2) is 0 Å². The van der Waals surface area contributed by atoms with Crippen LogP contribution < -0.4 is 10.9 Å². The summed E-state index contributed by atoms with van der Waals surface area (Å²) in [6.07, 6.45) is 1.45. The number of hydrogen-bond donors (Lipinski definition) is 1. The molecule has 3 aromatic rings. The molecule has 0 aliphatic heterocycles. The van der Waals surface area contributed by atoms with Crippen LogP contribution in [0.25, 0.3) is 10.2 Å². The molecule has 24 heavy (non-hydrogen) atoms. The molecule has 7 heteroatoms. The fraction of sp³-hybridized carbons (Fsp3) is 0.353. The van der Waals surface area contributed by atoms with E-state index in [-0.39, 0.29) is 30.0 Å². The Morgan fingerprint density at radius 1 is 1.42 bits per heavy atom. The molecule has 3 rings (SSSR count). The number of carbonyl (C=O) groups excluding carboxylic acids is 1. The standard InChI is InChI=1S/C17H19N3O2S2/c1-10(2)15(13-5-4-6-23-13)19-14(21)8-20-9-18-16-12(17(20)22)7-11(3)24-16/h4-7,9-10,15H,8H2,1-3H3,(H,19,21)/t15-/m0/s1. The van der Waals surface area contributed by atoms with Crippen LogP contribution in [0.4, 0.5) is 0 Å². The Morgan fingerprint density at radius 3 is 2.88 bits per heavy atom. The Labute approximate surface area is 148 Å². The van der Waals surface area contributed by atoms with E-state index in [9.17, 15) is 9.59 Å². The Kier molecular flexibility index (Phi) is 4.82. The Hall–Kier alpha value is -1.99. The van der Waals surface area contributed by atoms with Gasteiger partial charge < -0.3 is 5.32 Å². The van der Waals surface area contributed by atoms with Gasteiger partial charge in [-0.15, -0.1) is 22.7 Å². The summed E-state index contributed by atoms with van der Waals surface area (Å²) in [7, 11) is 0. The average molecular weight is 361 g/mol. The number of thiophene rings is 2. The first-order valence-electron chi connectivity index (χ1n) is 7.74. The third kappa shape index (κ3) is 3.42. The first-order chi connectivity index (χ1) is 11.5. The van der Waals surface area contributed by atoms with Crippen LogP contribution in [0.1, 0.15) is 29.6 Å². The van der Waals surface area contributed by atoms with Gasteiger partial charge in [0.05, 0.1) is 17.8 Å². The number of nitrogens with one attached hydrogen (secondary N) is 1. The first kappa shape index (κ1) is 16.9. The van der Waals surface area contributed by atoms with Gasteiger partial charge in [0, 0.05) is 9.75 Å². The lowest BCUT2D eigenvalue weighted by atomic mass is 10.0. The largest absolute Gasteiger partial charge is 0.347 e. The van der Waals surface area contributed by atoms with Crippen LogP contribution in [-0.2, 0) is 11.3 Å². The Bertz CT molecular complexity index is 910. The third-order valence-electron chi connectivity index (χ3n) is 3.79. The molecule has 0 spiro atoms. The zero-order valence-electron chi connectivity index (χ0n) is 13.8. The molecular weight excluding hydrogens is 342 g/mol. The molecule has 1 atom stereocenters. The van der Waals surface area contributed by atoms with Crippen molar-refractivity contribution in [2.75, 3.05) is 0 Å². The molecule has 0 saturated carbocycles. The summed E-state index contributed by atoms with van der Waals surface area (Å²) < 4.78 is 1.37. The van der Waals surface area contributed by atoms with E-state index in [1.165, 1.54) is 22.2 Å². The fourth-order valence-electron chi connectivity index (χ4n) is 2.60. The summed E-state index contributed by atoms with van der Waals surface area (Å²) in [6, 6.07) is 5.77. The highest BCUT2D eigenvalue weighted by Gasteiger charge is 2.20. The average Bonchev–Trinajstić information content (AvgIpc) is 3.16. The van der Waals surface area contributed by atoms with E-state index in [1.54, 1.807) is 11.3 Å². The lowest BCUT2D eigenvalue weighted by molar-refractivity contribution is -0.122. The van der Waals surface area contributed by atoms with Crippen molar-refractivity contribution in [2.24, 2.45) is 5.92 Å². The molecule has 0 fully saturated rings. The Balaban J connectivity index is 1.79. The van der Waals surface area contributed by atoms with E-state index in [0.29, 0.717) is 10.2 Å². The molecule has 5 nitrogen and oxygen atoms in total. The summed E-state index contributed by atoms with van der Waals surface area (Å²) in [5.41, 5.74) is -0.170. The highest BCUT2D eigenvalue weighted by Crippen LogP contribution is 2.25. The van der Waals surface area contributed by atoms with Crippen molar-refractivity contribution >= 4 is 38.8 Å². The second-order valence-electron chi connectivity index (χ2n) is 6.06. The molecule has 0 aromatic carbocycles. The van der Waals surface area contributed by atoms with E-state index in [4.69, 9.17) is 0 Å². The predicted molar refractivity (Wildman–Crippen MR) is 98.7 cm³/mol. The molecule has 1 N–H and O–H groups in total. The molecule has 3 aromatic heterocycles. The minimum absolute atomic E-state index is 0.0226. The number of carbonyl (C=O) groups is 1. The van der Waals surface area contributed by atoms with Crippen LogP contribution in [0.5, 0.6) is 0 Å². The van der Waals surface area contributed by atoms with Gasteiger partial charge in [-0.3, -0.25) is 14.2 Å². The molecule has 0 saturated heterocycles. The van der Waals surface area contributed by atoms with Crippen molar-refractivity contribution in [1.29, 1.82) is 0 Å². The van der Waals surface area contributed by atoms with Gasteiger partial charge in [0.1, 0.15) is 11.4 Å². The fourth-order valence-corrected chi connectivity index (χ4v) is 4.39. The summed E-state index contributed by atoms with van der Waals surface area (Å²) in [5.74, 6) is 0.0850. The van der Waals surface area contributed by atoms with E-state index >= 15 is 0 Å². The van der Waals surface area contributed by atoms with Crippen molar-refractivity contribution in [3.8, 4) is 0 Å². The van der Waals surface area contributed by atoms with Gasteiger partial charge in [0.25, 0.3) is 5.56 Å². The lowest BCUT2D eigenvalue weighted by Crippen LogP contribution is -2.36. The summed E-state index contributed by atoms with van der Waals surface area (Å²) in [4.78, 5) is 32.1. The van der Waals surface area contributed by atoms with Gasteiger partial charge >= 0.3 is 0 Å². The van der Waals surface area contributed by atoms with Gasteiger partial charge in [-0.2, -0.15) is 0 Å². The van der Waals surface area contributed by atoms with Crippen molar-refractivity contribution in [3.05, 3.63) is 50.0 Å². The second-order valence-corrected chi connectivity index (χ2v) is 8.27. The number of aryl methyl sites for hydroxylation is 1. The van der Waals surface area contributed by atoms with Crippen LogP contribution in [0.15, 0.2) is 34.7 Å². The van der Waals surface area contributed by atoms with Crippen LogP contribution in [0, 0.1) is 12.8 Å². The molecule has 126 valence electrons. The quantitative estimate of drug-likeness (QED) is 0.758. The third-order valence-corrected chi connectivity index (χ3v) is 5.70. The van der Waals surface area contributed by atoms with Gasteiger partial charge in [-0.1, -0.05) is 19.9 Å². The van der Waals surface area contributed by atoms with Gasteiger partial charge in [-0.05, 0) is 30.4 Å². The number of nitrogens with zero attached hydrogens (tertiary/aromatic N) is 2. The van der Waals surface area contributed by atoms with E-state index in [0.717, 1.165) is 9.75 Å². The maximum Gasteiger partial charge on any atom is 0.262 e. The smallest absolute Gasteiger partial charge is 0.262 e. The maximum atomic E-state index is 12.5.